The highest BCUT2D eigenvalue weighted by Gasteiger charge is 2.47. The van der Waals surface area contributed by atoms with Crippen LogP contribution in [0.15, 0.2) is 24.3 Å². The lowest BCUT2D eigenvalue weighted by molar-refractivity contribution is -0.171. The summed E-state index contributed by atoms with van der Waals surface area (Å²) in [6, 6.07) is 0. The zero-order chi connectivity index (χ0) is 14.9. The summed E-state index contributed by atoms with van der Waals surface area (Å²) in [5, 5.41) is 0. The number of rotatable bonds is 8. The molecule has 108 valence electrons. The van der Waals surface area contributed by atoms with E-state index in [-0.39, 0.29) is 26.1 Å². The van der Waals surface area contributed by atoms with Gasteiger partial charge in [-0.15, -0.1) is 6.58 Å². The first kappa shape index (κ1) is 17.4. The van der Waals surface area contributed by atoms with Gasteiger partial charge in [0.05, 0.1) is 13.2 Å². The Labute approximate surface area is 115 Å². The van der Waals surface area contributed by atoms with Crippen molar-refractivity contribution in [2.45, 2.75) is 40.5 Å². The van der Waals surface area contributed by atoms with Crippen molar-refractivity contribution in [3.63, 3.8) is 0 Å². The van der Waals surface area contributed by atoms with Crippen LogP contribution in [-0.4, -0.2) is 25.2 Å². The van der Waals surface area contributed by atoms with E-state index in [0.717, 1.165) is 5.57 Å². The van der Waals surface area contributed by atoms with E-state index < -0.39 is 17.4 Å². The lowest BCUT2D eigenvalue weighted by Gasteiger charge is -2.28. The molecule has 0 saturated heterocycles. The molecule has 4 nitrogen and oxygen atoms in total. The smallest absolute Gasteiger partial charge is 0.324 e. The highest BCUT2D eigenvalue weighted by atomic mass is 16.6. The third-order valence-corrected chi connectivity index (χ3v) is 2.64. The van der Waals surface area contributed by atoms with Gasteiger partial charge in [-0.3, -0.25) is 9.59 Å². The van der Waals surface area contributed by atoms with Crippen molar-refractivity contribution in [1.82, 2.24) is 0 Å². The molecule has 0 unspecified atom stereocenters. The first-order chi connectivity index (χ1) is 8.94. The van der Waals surface area contributed by atoms with Crippen LogP contribution >= 0.6 is 0 Å². The Bertz CT molecular complexity index is 337. The minimum atomic E-state index is -1.32. The second-order valence-corrected chi connectivity index (χ2v) is 4.43. The van der Waals surface area contributed by atoms with Crippen LogP contribution in [0.4, 0.5) is 0 Å². The van der Waals surface area contributed by atoms with Crippen molar-refractivity contribution < 1.29 is 19.1 Å². The Morgan fingerprint density at radius 1 is 1.16 bits per heavy atom. The van der Waals surface area contributed by atoms with Gasteiger partial charge in [-0.25, -0.2) is 0 Å². The van der Waals surface area contributed by atoms with Crippen molar-refractivity contribution in [2.24, 2.45) is 5.41 Å². The molecule has 0 heterocycles. The molecule has 0 aromatic heterocycles. The van der Waals surface area contributed by atoms with E-state index >= 15 is 0 Å². The van der Waals surface area contributed by atoms with Gasteiger partial charge in [0.1, 0.15) is 0 Å². The maximum atomic E-state index is 12.2. The molecule has 0 rings (SSSR count). The molecule has 0 saturated carbocycles. The summed E-state index contributed by atoms with van der Waals surface area (Å²) in [4.78, 5) is 24.4. The summed E-state index contributed by atoms with van der Waals surface area (Å²) >= 11 is 0. The van der Waals surface area contributed by atoms with Crippen molar-refractivity contribution in [3.8, 4) is 0 Å². The first-order valence-corrected chi connectivity index (χ1v) is 6.54. The number of carbonyl (C=O) groups is 2. The molecule has 0 amide bonds. The summed E-state index contributed by atoms with van der Waals surface area (Å²) in [6.07, 6.45) is 4.06. The SMILES string of the molecule is C=C(C)CC(C/C=C/C)(C(=O)OCC)C(=O)OCC. The first-order valence-electron chi connectivity index (χ1n) is 6.54. The van der Waals surface area contributed by atoms with Gasteiger partial charge >= 0.3 is 11.9 Å². The Morgan fingerprint density at radius 2 is 1.63 bits per heavy atom. The largest absolute Gasteiger partial charge is 0.465 e. The lowest BCUT2D eigenvalue weighted by Crippen LogP contribution is -2.42. The van der Waals surface area contributed by atoms with Crippen LogP contribution in [0.25, 0.3) is 0 Å². The molecule has 0 fully saturated rings. The van der Waals surface area contributed by atoms with Crippen LogP contribution in [0.1, 0.15) is 40.5 Å². The van der Waals surface area contributed by atoms with E-state index in [9.17, 15) is 9.59 Å². The zero-order valence-corrected chi connectivity index (χ0v) is 12.3. The third-order valence-electron chi connectivity index (χ3n) is 2.64. The topological polar surface area (TPSA) is 52.6 Å². The summed E-state index contributed by atoms with van der Waals surface area (Å²) in [6.45, 7) is 11.3. The fourth-order valence-corrected chi connectivity index (χ4v) is 1.84. The predicted octanol–water partition coefficient (Wildman–Crippen LogP) is 3.03. The predicted molar refractivity (Wildman–Crippen MR) is 74.6 cm³/mol. The molecule has 0 atom stereocenters. The average Bonchev–Trinajstić information content (AvgIpc) is 2.34. The van der Waals surface area contributed by atoms with Gasteiger partial charge in [0, 0.05) is 0 Å². The third kappa shape index (κ3) is 4.89. The van der Waals surface area contributed by atoms with Gasteiger partial charge < -0.3 is 9.47 Å². The van der Waals surface area contributed by atoms with E-state index in [1.165, 1.54) is 0 Å². The normalized spacial score (nSPS) is 11.4. The van der Waals surface area contributed by atoms with Gasteiger partial charge in [0.25, 0.3) is 0 Å². The molecule has 0 radical (unpaired) electrons. The second-order valence-electron chi connectivity index (χ2n) is 4.43. The molecule has 0 N–H and O–H groups in total. The van der Waals surface area contributed by atoms with E-state index in [1.807, 2.05) is 6.92 Å². The van der Waals surface area contributed by atoms with Crippen molar-refractivity contribution in [2.75, 3.05) is 13.2 Å². The molecule has 0 aliphatic carbocycles. The van der Waals surface area contributed by atoms with Gasteiger partial charge in [-0.2, -0.15) is 0 Å². The number of carbonyl (C=O) groups excluding carboxylic acids is 2. The van der Waals surface area contributed by atoms with Crippen LogP contribution in [0.2, 0.25) is 0 Å². The van der Waals surface area contributed by atoms with E-state index in [4.69, 9.17) is 9.47 Å². The Morgan fingerprint density at radius 3 is 1.95 bits per heavy atom. The van der Waals surface area contributed by atoms with Crippen molar-refractivity contribution in [1.29, 1.82) is 0 Å². The Balaban J connectivity index is 5.47. The maximum Gasteiger partial charge on any atom is 0.324 e. The van der Waals surface area contributed by atoms with Gasteiger partial charge in [-0.1, -0.05) is 17.7 Å². The lowest BCUT2D eigenvalue weighted by atomic mass is 9.78. The molecule has 0 aromatic carbocycles. The standard InChI is InChI=1S/C15H24O4/c1-6-9-10-15(11-12(4)5,13(16)18-7-2)14(17)19-8-3/h6,9H,4,7-8,10-11H2,1-3,5H3/b9-6+. The summed E-state index contributed by atoms with van der Waals surface area (Å²) < 4.78 is 10.1. The number of allylic oxidation sites excluding steroid dienone is 3. The zero-order valence-electron chi connectivity index (χ0n) is 12.3. The summed E-state index contributed by atoms with van der Waals surface area (Å²) in [5.74, 6) is -1.09. The van der Waals surface area contributed by atoms with Gasteiger partial charge in [0.15, 0.2) is 5.41 Å². The number of hydrogen-bond acceptors (Lipinski definition) is 4. The molecule has 0 bridgehead atoms. The summed E-state index contributed by atoms with van der Waals surface area (Å²) in [5.41, 5.74) is -0.574. The fourth-order valence-electron chi connectivity index (χ4n) is 1.84. The number of hydrogen-bond donors (Lipinski definition) is 0. The van der Waals surface area contributed by atoms with Crippen LogP contribution in [-0.2, 0) is 19.1 Å². The highest BCUT2D eigenvalue weighted by molar-refractivity contribution is 6.00. The van der Waals surface area contributed by atoms with E-state index in [0.29, 0.717) is 0 Å². The van der Waals surface area contributed by atoms with Crippen LogP contribution in [0.3, 0.4) is 0 Å². The molecule has 0 spiro atoms. The van der Waals surface area contributed by atoms with E-state index in [1.54, 1.807) is 32.9 Å². The van der Waals surface area contributed by atoms with Gasteiger partial charge in [0.2, 0.25) is 0 Å². The van der Waals surface area contributed by atoms with Crippen LogP contribution in [0, 0.1) is 5.41 Å². The maximum absolute atomic E-state index is 12.2. The van der Waals surface area contributed by atoms with E-state index in [2.05, 4.69) is 6.58 Å². The number of ether oxygens (including phenoxy) is 2. The Kier molecular flexibility index (Phi) is 7.80. The Hall–Kier alpha value is -1.58. The highest BCUT2D eigenvalue weighted by Crippen LogP contribution is 2.34. The summed E-state index contributed by atoms with van der Waals surface area (Å²) in [7, 11) is 0. The van der Waals surface area contributed by atoms with Crippen molar-refractivity contribution in [3.05, 3.63) is 24.3 Å². The molecule has 0 aliphatic heterocycles. The minimum absolute atomic E-state index is 0.228. The van der Waals surface area contributed by atoms with Crippen LogP contribution < -0.4 is 0 Å². The quantitative estimate of drug-likeness (QED) is 0.386. The average molecular weight is 268 g/mol. The van der Waals surface area contributed by atoms with Crippen molar-refractivity contribution >= 4 is 11.9 Å². The second kappa shape index (κ2) is 8.51. The molecule has 19 heavy (non-hydrogen) atoms. The molecular weight excluding hydrogens is 244 g/mol. The minimum Gasteiger partial charge on any atom is -0.465 e. The molecule has 4 heteroatoms. The molecule has 0 aromatic rings. The number of esters is 2. The molecular formula is C15H24O4. The fraction of sp³-hybridized carbons (Fsp3) is 0.600. The van der Waals surface area contributed by atoms with Gasteiger partial charge in [-0.05, 0) is 40.5 Å². The monoisotopic (exact) mass is 268 g/mol. The molecule has 0 aliphatic rings. The van der Waals surface area contributed by atoms with Crippen LogP contribution in [0.5, 0.6) is 0 Å².